The average molecular weight is 680 g/mol. The van der Waals surface area contributed by atoms with E-state index in [1.54, 1.807) is 6.92 Å². The van der Waals surface area contributed by atoms with Gasteiger partial charge in [-0.15, -0.1) is 0 Å². The third kappa shape index (κ3) is 7.16. The molecule has 2 aliphatic heterocycles. The number of rotatable bonds is 10. The minimum Gasteiger partial charge on any atom is -0.496 e. The first-order valence-electron chi connectivity index (χ1n) is 15.4. The van der Waals surface area contributed by atoms with Crippen LogP contribution in [-0.2, 0) is 22.5 Å². The van der Waals surface area contributed by atoms with Crippen LogP contribution in [0, 0.1) is 0 Å². The maximum absolute atomic E-state index is 13.7. The number of hydrogen-bond acceptors (Lipinski definition) is 6. The number of anilines is 1. The van der Waals surface area contributed by atoms with Crippen molar-refractivity contribution in [2.75, 3.05) is 25.1 Å². The van der Waals surface area contributed by atoms with E-state index in [1.807, 2.05) is 29.2 Å². The van der Waals surface area contributed by atoms with Gasteiger partial charge in [0, 0.05) is 29.8 Å². The summed E-state index contributed by atoms with van der Waals surface area (Å²) in [6, 6.07) is 6.60. The predicted molar refractivity (Wildman–Crippen MR) is 165 cm³/mol. The van der Waals surface area contributed by atoms with Crippen molar-refractivity contribution in [1.82, 2.24) is 9.88 Å². The third-order valence-electron chi connectivity index (χ3n) is 9.08. The van der Waals surface area contributed by atoms with Crippen LogP contribution in [0.5, 0.6) is 5.75 Å². The Labute approximate surface area is 273 Å². The number of carboxylic acid groups (broad SMARTS) is 1. The number of carbonyl (C=O) groups is 2. The van der Waals surface area contributed by atoms with E-state index in [2.05, 4.69) is 6.58 Å². The number of pyridine rings is 1. The Morgan fingerprint density at radius 1 is 1.12 bits per heavy atom. The summed E-state index contributed by atoms with van der Waals surface area (Å²) >= 11 is 0. The first-order valence-corrected chi connectivity index (χ1v) is 15.4. The number of cyclic esters (lactones) is 1. The summed E-state index contributed by atoms with van der Waals surface area (Å²) < 4.78 is 91.5. The van der Waals surface area contributed by atoms with Crippen LogP contribution in [0.4, 0.5) is 37.0 Å². The molecule has 1 aliphatic carbocycles. The number of benzene rings is 1. The van der Waals surface area contributed by atoms with E-state index in [1.165, 1.54) is 12.0 Å². The Balaban J connectivity index is 1.50. The highest BCUT2D eigenvalue weighted by atomic mass is 19.4. The van der Waals surface area contributed by atoms with Gasteiger partial charge in [-0.25, -0.2) is 9.78 Å². The van der Waals surface area contributed by atoms with Gasteiger partial charge in [-0.2, -0.15) is 26.3 Å². The number of methoxy groups -OCH3 is 1. The van der Waals surface area contributed by atoms with Gasteiger partial charge in [-0.1, -0.05) is 6.58 Å². The molecule has 0 saturated carbocycles. The number of nitrogens with zero attached hydrogens (tertiary/aromatic N) is 3. The lowest BCUT2D eigenvalue weighted by Gasteiger charge is -2.33. The smallest absolute Gasteiger partial charge is 0.416 e. The lowest BCUT2D eigenvalue weighted by molar-refractivity contribution is -0.137. The topological polar surface area (TPSA) is 92.2 Å². The molecule has 3 aliphatic rings. The fourth-order valence-corrected chi connectivity index (χ4v) is 6.26. The second kappa shape index (κ2) is 13.2. The number of carboxylic acids is 1. The normalized spacial score (nSPS) is 21.6. The van der Waals surface area contributed by atoms with Gasteiger partial charge in [0.2, 0.25) is 0 Å². The van der Waals surface area contributed by atoms with Crippen LogP contribution in [-0.4, -0.2) is 71.8 Å². The van der Waals surface area contributed by atoms with Gasteiger partial charge in [0.25, 0.3) is 0 Å². The summed E-state index contributed by atoms with van der Waals surface area (Å²) in [5, 5.41) is 9.47. The SMILES string of the molecule is C=C(/C=C(\C=C(/C)C(F)(F)F)C(F)(F)F)[C@H]1OC(=O)N(Cc2nc(N3CCC3)ccc2-c2cc3c(cc2OC)CCC3CC(=O)O)[C@H]1C. The number of carbonyl (C=O) groups excluding carboxylic acids is 1. The lowest BCUT2D eigenvalue weighted by atomic mass is 9.92. The fourth-order valence-electron chi connectivity index (χ4n) is 6.26. The number of halogens is 6. The van der Waals surface area contributed by atoms with Crippen LogP contribution >= 0.6 is 0 Å². The number of amides is 1. The molecule has 0 spiro atoms. The highest BCUT2D eigenvalue weighted by Crippen LogP contribution is 2.44. The molecule has 1 N–H and O–H groups in total. The molecule has 1 aromatic carbocycles. The molecule has 0 bridgehead atoms. The van der Waals surface area contributed by atoms with Crippen molar-refractivity contribution in [3.05, 3.63) is 76.5 Å². The largest absolute Gasteiger partial charge is 0.496 e. The van der Waals surface area contributed by atoms with Gasteiger partial charge in [0.1, 0.15) is 17.7 Å². The van der Waals surface area contributed by atoms with Crippen LogP contribution in [0.1, 0.15) is 55.8 Å². The summed E-state index contributed by atoms with van der Waals surface area (Å²) in [6.45, 7) is 7.14. The van der Waals surface area contributed by atoms with Gasteiger partial charge >= 0.3 is 24.4 Å². The molecule has 3 atom stereocenters. The Hall–Kier alpha value is -4.49. The molecule has 0 radical (unpaired) electrons. The second-order valence-electron chi connectivity index (χ2n) is 12.3. The summed E-state index contributed by atoms with van der Waals surface area (Å²) in [7, 11) is 1.51. The molecule has 8 nitrogen and oxygen atoms in total. The molecule has 1 aromatic heterocycles. The van der Waals surface area contributed by atoms with Crippen molar-refractivity contribution in [3.63, 3.8) is 0 Å². The van der Waals surface area contributed by atoms with E-state index in [0.717, 1.165) is 30.6 Å². The Morgan fingerprint density at radius 2 is 1.83 bits per heavy atom. The van der Waals surface area contributed by atoms with Gasteiger partial charge in [0.15, 0.2) is 0 Å². The van der Waals surface area contributed by atoms with Crippen LogP contribution in [0.2, 0.25) is 0 Å². The maximum Gasteiger partial charge on any atom is 0.416 e. The minimum atomic E-state index is -5.13. The predicted octanol–water partition coefficient (Wildman–Crippen LogP) is 7.73. The maximum atomic E-state index is 13.7. The first kappa shape index (κ1) is 34.8. The molecular formula is C34H35F6N3O5. The highest BCUT2D eigenvalue weighted by Gasteiger charge is 2.42. The van der Waals surface area contributed by atoms with Crippen LogP contribution in [0.25, 0.3) is 11.1 Å². The van der Waals surface area contributed by atoms with E-state index in [9.17, 15) is 41.0 Å². The Kier molecular flexibility index (Phi) is 9.57. The van der Waals surface area contributed by atoms with Crippen molar-refractivity contribution < 1.29 is 50.5 Å². The van der Waals surface area contributed by atoms with Crippen LogP contribution in [0.15, 0.2) is 59.7 Å². The number of aromatic nitrogens is 1. The van der Waals surface area contributed by atoms with E-state index in [4.69, 9.17) is 14.5 Å². The quantitative estimate of drug-likeness (QED) is 0.203. The summed E-state index contributed by atoms with van der Waals surface area (Å²) in [5.74, 6) is 0.0889. The zero-order valence-electron chi connectivity index (χ0n) is 26.5. The summed E-state index contributed by atoms with van der Waals surface area (Å²) in [6.07, 6.45) is -9.48. The number of aliphatic carboxylic acids is 1. The summed E-state index contributed by atoms with van der Waals surface area (Å²) in [5.41, 5.74) is 0.191. The number of hydrogen-bond donors (Lipinski definition) is 1. The molecule has 2 saturated heterocycles. The molecular weight excluding hydrogens is 644 g/mol. The van der Waals surface area contributed by atoms with Crippen molar-refractivity contribution in [2.24, 2.45) is 0 Å². The first-order chi connectivity index (χ1) is 22.5. The molecule has 1 amide bonds. The van der Waals surface area contributed by atoms with Crippen molar-refractivity contribution in [1.29, 1.82) is 0 Å². The van der Waals surface area contributed by atoms with Crippen molar-refractivity contribution in [3.8, 4) is 16.9 Å². The Bertz CT molecular complexity index is 1680. The van der Waals surface area contributed by atoms with Crippen molar-refractivity contribution in [2.45, 2.75) is 76.5 Å². The molecule has 1 unspecified atom stereocenters. The van der Waals surface area contributed by atoms with E-state index in [0.29, 0.717) is 54.2 Å². The molecule has 258 valence electrons. The summed E-state index contributed by atoms with van der Waals surface area (Å²) in [4.78, 5) is 33.0. The van der Waals surface area contributed by atoms with Crippen molar-refractivity contribution >= 4 is 17.9 Å². The van der Waals surface area contributed by atoms with Crippen LogP contribution in [0.3, 0.4) is 0 Å². The molecule has 14 heteroatoms. The van der Waals surface area contributed by atoms with E-state index in [-0.39, 0.29) is 30.5 Å². The Morgan fingerprint density at radius 3 is 2.42 bits per heavy atom. The monoisotopic (exact) mass is 679 g/mol. The third-order valence-corrected chi connectivity index (χ3v) is 9.08. The number of allylic oxidation sites excluding steroid dienone is 3. The molecule has 2 fully saturated rings. The number of fused-ring (bicyclic) bond motifs is 1. The van der Waals surface area contributed by atoms with E-state index < -0.39 is 47.7 Å². The number of ether oxygens (including phenoxy) is 2. The molecule has 2 aromatic rings. The zero-order chi connectivity index (χ0) is 35.1. The standard InChI is InChI=1S/C34H35F6N3O5/c1-18(12-23(34(38,39)40)13-19(2)33(35,36)37)31-20(3)43(32(46)48-31)17-27-24(8-9-29(41-27)42-10-5-11-42)26-16-25-21(14-28(26)47-4)6-7-22(25)15-30(44)45/h8-9,12-14,16,20,22,31H,1,5-7,10-11,15,17H2,2-4H3,(H,44,45)/b19-13+,23-12+/t20-,22?,31+/m0/s1. The fraction of sp³-hybridized carbons (Fsp3) is 0.441. The van der Waals surface area contributed by atoms with Gasteiger partial charge in [0.05, 0.1) is 37.4 Å². The number of aryl methyl sites for hydroxylation is 1. The van der Waals surface area contributed by atoms with Gasteiger partial charge in [-0.3, -0.25) is 9.69 Å². The van der Waals surface area contributed by atoms with Gasteiger partial charge in [-0.05, 0) is 92.1 Å². The zero-order valence-corrected chi connectivity index (χ0v) is 26.5. The second-order valence-corrected chi connectivity index (χ2v) is 12.3. The van der Waals surface area contributed by atoms with Gasteiger partial charge < -0.3 is 19.5 Å². The molecule has 5 rings (SSSR count). The minimum absolute atomic E-state index is 0.00706. The average Bonchev–Trinajstić information content (AvgIpc) is 3.48. The van der Waals surface area contributed by atoms with Crippen LogP contribution < -0.4 is 9.64 Å². The molecule has 3 heterocycles. The number of alkyl halides is 6. The highest BCUT2D eigenvalue weighted by molar-refractivity contribution is 5.78. The van der Waals surface area contributed by atoms with E-state index >= 15 is 0 Å². The molecule has 48 heavy (non-hydrogen) atoms. The lowest BCUT2D eigenvalue weighted by Crippen LogP contribution is -2.38.